The van der Waals surface area contributed by atoms with Crippen molar-refractivity contribution in [3.05, 3.63) is 6.61 Å². The number of rotatable bonds is 1. The van der Waals surface area contributed by atoms with Crippen LogP contribution in [-0.2, 0) is 0 Å². The van der Waals surface area contributed by atoms with Crippen molar-refractivity contribution in [2.45, 2.75) is 0 Å². The van der Waals surface area contributed by atoms with E-state index in [9.17, 15) is 0 Å². The van der Waals surface area contributed by atoms with E-state index in [0.29, 0.717) is 0 Å². The zero-order chi connectivity index (χ0) is 3.41. The maximum atomic E-state index is 7.51. The van der Waals surface area contributed by atoms with Crippen molar-refractivity contribution in [2.75, 3.05) is 6.61 Å². The van der Waals surface area contributed by atoms with E-state index in [2.05, 4.69) is 0 Å². The van der Waals surface area contributed by atoms with Crippen molar-refractivity contribution in [3.8, 4) is 0 Å². The minimum atomic E-state index is -0.375. The third-order valence-corrected chi connectivity index (χ3v) is 0.0707. The highest BCUT2D eigenvalue weighted by molar-refractivity contribution is 4.31. The Morgan fingerprint density at radius 3 is 2.00 bits per heavy atom. The Bertz CT molecular complexity index is 6.00. The van der Waals surface area contributed by atoms with Crippen LogP contribution in [0.25, 0.3) is 0 Å². The van der Waals surface area contributed by atoms with Gasteiger partial charge in [-0.25, -0.2) is 0 Å². The van der Waals surface area contributed by atoms with E-state index in [1.807, 2.05) is 0 Å². The smallest absolute Gasteiger partial charge is 0.0813 e. The van der Waals surface area contributed by atoms with Crippen LogP contribution in [-0.4, -0.2) is 16.8 Å². The predicted octanol–water partition coefficient (Wildman–Crippen LogP) is -0.610. The van der Waals surface area contributed by atoms with Gasteiger partial charge >= 0.3 is 0 Å². The van der Waals surface area contributed by atoms with E-state index in [0.717, 1.165) is 0 Å². The fourth-order valence-electron chi connectivity index (χ4n) is 0. The summed E-state index contributed by atoms with van der Waals surface area (Å²) in [6.07, 6.45) is 0. The average molecular weight is 60.1 g/mol. The van der Waals surface area contributed by atoms with Crippen LogP contribution in [0.5, 0.6) is 0 Å². The second-order valence-corrected chi connectivity index (χ2v) is 0.316. The quantitative estimate of drug-likeness (QED) is 0.396. The highest BCUT2D eigenvalue weighted by atomic mass is 16.3. The summed E-state index contributed by atoms with van der Waals surface area (Å²) >= 11 is 0. The summed E-state index contributed by atoms with van der Waals surface area (Å²) in [6.45, 7) is 1.11. The van der Waals surface area contributed by atoms with Gasteiger partial charge in [0.2, 0.25) is 0 Å². The molecule has 25 valence electrons. The van der Waals surface area contributed by atoms with Crippen LogP contribution in [0, 0.1) is 6.61 Å². The minimum absolute atomic E-state index is 0.375. The van der Waals surface area contributed by atoms with Gasteiger partial charge in [0.05, 0.1) is 0 Å². The first-order valence-corrected chi connectivity index (χ1v) is 0.893. The third-order valence-electron chi connectivity index (χ3n) is 0.0707. The Balaban J connectivity index is 1.97. The van der Waals surface area contributed by atoms with E-state index >= 15 is 0 Å². The Kier molecular flexibility index (Phi) is 2.86. The lowest BCUT2D eigenvalue weighted by Gasteiger charge is -1.92. The van der Waals surface area contributed by atoms with Crippen LogP contribution in [0.1, 0.15) is 0 Å². The van der Waals surface area contributed by atoms with Gasteiger partial charge in [-0.2, -0.15) is 0 Å². The van der Waals surface area contributed by atoms with Crippen LogP contribution in [0.15, 0.2) is 0 Å². The molecular weight excluding hydrogens is 56.0 g/mol. The minimum Gasteiger partial charge on any atom is -0.590 e. The molecule has 1 radical (unpaired) electrons. The van der Waals surface area contributed by atoms with E-state index in [4.69, 9.17) is 10.2 Å². The molecule has 0 unspecified atom stereocenters. The summed E-state index contributed by atoms with van der Waals surface area (Å²) in [7, 11) is 0. The molecule has 0 bridgehead atoms. The number of hydrogen-bond acceptors (Lipinski definition) is 2. The maximum absolute atomic E-state index is 7.51. The van der Waals surface area contributed by atoms with E-state index in [1.54, 1.807) is 0 Å². The molecule has 4 heavy (non-hydrogen) atoms. The summed E-state index contributed by atoms with van der Waals surface area (Å²) in [6, 6.07) is 0. The lowest BCUT2D eigenvalue weighted by molar-refractivity contribution is 0.244. The molecule has 0 amide bonds. The molecule has 0 heterocycles. The third kappa shape index (κ3) is 1.92. The first-order chi connectivity index (χ1) is 1.91. The van der Waals surface area contributed by atoms with Gasteiger partial charge in [0.1, 0.15) is 0 Å². The Morgan fingerprint density at radius 2 is 2.00 bits per heavy atom. The fourth-order valence-corrected chi connectivity index (χ4v) is 0. The van der Waals surface area contributed by atoms with Crippen molar-refractivity contribution in [2.24, 2.45) is 0 Å². The van der Waals surface area contributed by atoms with Crippen molar-refractivity contribution in [1.29, 1.82) is 0 Å². The van der Waals surface area contributed by atoms with Gasteiger partial charge in [-0.15, -0.1) is 0 Å². The first kappa shape index (κ1) is 3.92. The van der Waals surface area contributed by atoms with Gasteiger partial charge in [0, 0.05) is 0 Å². The molecule has 0 saturated carbocycles. The van der Waals surface area contributed by atoms with Crippen molar-refractivity contribution in [1.82, 2.24) is 0 Å². The van der Waals surface area contributed by atoms with Gasteiger partial charge in [0.15, 0.2) is 0 Å². The van der Waals surface area contributed by atoms with Crippen molar-refractivity contribution >= 4 is 0 Å². The van der Waals surface area contributed by atoms with Gasteiger partial charge in [0.25, 0.3) is 0 Å². The Hall–Kier alpha value is -0.0800. The molecule has 0 fully saturated rings. The van der Waals surface area contributed by atoms with E-state index in [1.165, 1.54) is 6.61 Å². The molecule has 2 nitrogen and oxygen atoms in total. The van der Waals surface area contributed by atoms with Crippen LogP contribution in [0.3, 0.4) is 0 Å². The lowest BCUT2D eigenvalue weighted by Crippen LogP contribution is -1.75. The molecule has 0 aliphatic rings. The molecule has 0 atom stereocenters. The summed E-state index contributed by atoms with van der Waals surface area (Å²) < 4.78 is 0. The van der Waals surface area contributed by atoms with E-state index in [-0.39, 0.29) is 6.61 Å². The predicted molar refractivity (Wildman–Crippen MR) is 12.3 cm³/mol. The normalized spacial score (nSPS) is 7.50. The second-order valence-electron chi connectivity index (χ2n) is 0.316. The van der Waals surface area contributed by atoms with Crippen molar-refractivity contribution in [3.63, 3.8) is 0 Å². The zero-order valence-electron chi connectivity index (χ0n) is 2.10. The van der Waals surface area contributed by atoms with Gasteiger partial charge < -0.3 is 16.8 Å². The fraction of sp³-hybridized carbons (Fsp3) is 0.500. The monoisotopic (exact) mass is 60.0 g/mol. The van der Waals surface area contributed by atoms with Crippen LogP contribution in [0.4, 0.5) is 0 Å². The molecule has 0 aromatic heterocycles. The molecule has 0 spiro atoms. The summed E-state index contributed by atoms with van der Waals surface area (Å²) in [5.74, 6) is 0. The highest BCUT2D eigenvalue weighted by Gasteiger charge is 1.35. The molecular formula is C2H4O2-. The molecule has 0 saturated heterocycles. The van der Waals surface area contributed by atoms with Crippen molar-refractivity contribution < 1.29 is 10.2 Å². The molecule has 0 aliphatic carbocycles. The number of aliphatic hydroxyl groups excluding tert-OH is 2. The molecule has 0 aliphatic heterocycles. The van der Waals surface area contributed by atoms with Crippen LogP contribution in [0.2, 0.25) is 0 Å². The average Bonchev–Trinajstić information content (AvgIpc) is 1.37. The maximum Gasteiger partial charge on any atom is -0.0813 e. The zero-order valence-corrected chi connectivity index (χ0v) is 2.10. The van der Waals surface area contributed by atoms with Crippen LogP contribution >= 0.6 is 0 Å². The standard InChI is InChI=1S/C2H4O2/c3-1-2-4/h3-4H,1H2/q-1. The summed E-state index contributed by atoms with van der Waals surface area (Å²) in [5, 5.41) is 14.9. The number of hydrogen-bond donors (Lipinski definition) is 2. The number of aliphatic hydroxyl groups is 2. The van der Waals surface area contributed by atoms with E-state index < -0.39 is 0 Å². The molecule has 2 heteroatoms. The van der Waals surface area contributed by atoms with Gasteiger partial charge in [-0.05, 0) is 0 Å². The summed E-state index contributed by atoms with van der Waals surface area (Å²) in [5.41, 5.74) is 0. The molecule has 2 N–H and O–H groups in total. The second kappa shape index (κ2) is 2.92. The largest absolute Gasteiger partial charge is 0.590 e. The Labute approximate surface area is 24.7 Å². The SMILES string of the molecule is O[C-]CO. The molecule has 0 rings (SSSR count). The summed E-state index contributed by atoms with van der Waals surface area (Å²) in [4.78, 5) is 0. The van der Waals surface area contributed by atoms with Crippen LogP contribution < -0.4 is 0 Å². The lowest BCUT2D eigenvalue weighted by atomic mass is 10.8. The molecule has 0 aromatic rings. The molecule has 0 aromatic carbocycles. The topological polar surface area (TPSA) is 40.5 Å². The highest BCUT2D eigenvalue weighted by Crippen LogP contribution is 1.51. The van der Waals surface area contributed by atoms with Gasteiger partial charge in [-0.1, -0.05) is 6.61 Å². The van der Waals surface area contributed by atoms with Gasteiger partial charge in [-0.3, -0.25) is 0 Å². The first-order valence-electron chi connectivity index (χ1n) is 0.893. The Morgan fingerprint density at radius 1 is 1.75 bits per heavy atom.